The largest absolute Gasteiger partial charge is 0.399 e. The summed E-state index contributed by atoms with van der Waals surface area (Å²) in [4.78, 5) is 0. The number of sulfonamides is 1. The summed E-state index contributed by atoms with van der Waals surface area (Å²) in [6.45, 7) is 3.86. The van der Waals surface area contributed by atoms with E-state index in [2.05, 4.69) is 4.72 Å². The first-order valence-corrected chi connectivity index (χ1v) is 7.26. The summed E-state index contributed by atoms with van der Waals surface area (Å²) in [6.07, 6.45) is 0. The minimum Gasteiger partial charge on any atom is -0.399 e. The molecule has 0 aliphatic carbocycles. The van der Waals surface area contributed by atoms with Gasteiger partial charge in [0.2, 0.25) is 10.0 Å². The zero-order valence-corrected chi connectivity index (χ0v) is 11.8. The summed E-state index contributed by atoms with van der Waals surface area (Å²) >= 11 is 0. The SMILES string of the molecule is COC(C)(C)CNS(=O)(=O)Cc1cccc(N)c1. The summed E-state index contributed by atoms with van der Waals surface area (Å²) in [5, 5.41) is 0. The molecule has 0 aliphatic heterocycles. The Hall–Kier alpha value is -1.11. The summed E-state index contributed by atoms with van der Waals surface area (Å²) in [5.41, 5.74) is 6.30. The molecule has 5 nitrogen and oxygen atoms in total. The van der Waals surface area contributed by atoms with Crippen LogP contribution in [0.2, 0.25) is 0 Å². The summed E-state index contributed by atoms with van der Waals surface area (Å²) in [6, 6.07) is 6.84. The van der Waals surface area contributed by atoms with Crippen molar-refractivity contribution >= 4 is 15.7 Å². The van der Waals surface area contributed by atoms with E-state index in [-0.39, 0.29) is 12.3 Å². The van der Waals surface area contributed by atoms with Crippen molar-refractivity contribution < 1.29 is 13.2 Å². The molecule has 0 unspecified atom stereocenters. The molecular weight excluding hydrogens is 252 g/mol. The molecule has 0 aliphatic rings. The first-order chi connectivity index (χ1) is 8.24. The molecule has 18 heavy (non-hydrogen) atoms. The molecule has 0 amide bonds. The molecule has 3 N–H and O–H groups in total. The number of nitrogen functional groups attached to an aromatic ring is 1. The van der Waals surface area contributed by atoms with Gasteiger partial charge in [0.25, 0.3) is 0 Å². The second-order valence-corrected chi connectivity index (χ2v) is 6.60. The van der Waals surface area contributed by atoms with Crippen molar-refractivity contribution in [2.45, 2.75) is 25.2 Å². The number of nitrogens with two attached hydrogens (primary N) is 1. The van der Waals surface area contributed by atoms with Crippen molar-refractivity contribution in [3.63, 3.8) is 0 Å². The van der Waals surface area contributed by atoms with Gasteiger partial charge in [-0.3, -0.25) is 0 Å². The van der Waals surface area contributed by atoms with Gasteiger partial charge in [0.05, 0.1) is 11.4 Å². The standard InChI is InChI=1S/C12H20N2O3S/c1-12(2,17-3)9-14-18(15,16)8-10-5-4-6-11(13)7-10/h4-7,14H,8-9,13H2,1-3H3. The molecule has 6 heteroatoms. The smallest absolute Gasteiger partial charge is 0.215 e. The van der Waals surface area contributed by atoms with Crippen molar-refractivity contribution in [3.05, 3.63) is 29.8 Å². The molecule has 0 atom stereocenters. The topological polar surface area (TPSA) is 81.4 Å². The first-order valence-electron chi connectivity index (χ1n) is 5.61. The van der Waals surface area contributed by atoms with E-state index in [1.807, 2.05) is 13.8 Å². The lowest BCUT2D eigenvalue weighted by molar-refractivity contribution is 0.0276. The van der Waals surface area contributed by atoms with Crippen LogP contribution in [0.1, 0.15) is 19.4 Å². The Labute approximate surface area is 108 Å². The maximum absolute atomic E-state index is 11.9. The van der Waals surface area contributed by atoms with Crippen LogP contribution >= 0.6 is 0 Å². The molecule has 102 valence electrons. The van der Waals surface area contributed by atoms with Crippen molar-refractivity contribution in [1.29, 1.82) is 0 Å². The molecule has 0 radical (unpaired) electrons. The van der Waals surface area contributed by atoms with E-state index in [9.17, 15) is 8.42 Å². The highest BCUT2D eigenvalue weighted by molar-refractivity contribution is 7.88. The van der Waals surface area contributed by atoms with E-state index in [1.54, 1.807) is 31.4 Å². The van der Waals surface area contributed by atoms with Gasteiger partial charge in [0, 0.05) is 19.3 Å². The quantitative estimate of drug-likeness (QED) is 0.760. The van der Waals surface area contributed by atoms with Crippen molar-refractivity contribution in [2.24, 2.45) is 0 Å². The predicted octanol–water partition coefficient (Wildman–Crippen LogP) is 1.11. The van der Waals surface area contributed by atoms with E-state index >= 15 is 0 Å². The number of hydrogen-bond acceptors (Lipinski definition) is 4. The highest BCUT2D eigenvalue weighted by Gasteiger charge is 2.20. The fourth-order valence-electron chi connectivity index (χ4n) is 1.31. The highest BCUT2D eigenvalue weighted by Crippen LogP contribution is 2.11. The minimum absolute atomic E-state index is 0.0855. The Bertz CT molecular complexity index is 498. The van der Waals surface area contributed by atoms with E-state index in [0.29, 0.717) is 11.3 Å². The van der Waals surface area contributed by atoms with Gasteiger partial charge in [-0.15, -0.1) is 0 Å². The van der Waals surface area contributed by atoms with E-state index in [1.165, 1.54) is 0 Å². The zero-order valence-electron chi connectivity index (χ0n) is 10.9. The van der Waals surface area contributed by atoms with Crippen LogP contribution in [0, 0.1) is 0 Å². The van der Waals surface area contributed by atoms with Gasteiger partial charge < -0.3 is 10.5 Å². The fourth-order valence-corrected chi connectivity index (χ4v) is 2.60. The van der Waals surface area contributed by atoms with Crippen LogP contribution in [0.25, 0.3) is 0 Å². The zero-order chi connectivity index (χ0) is 13.8. The van der Waals surface area contributed by atoms with Crippen LogP contribution < -0.4 is 10.5 Å². The molecule has 0 bridgehead atoms. The fraction of sp³-hybridized carbons (Fsp3) is 0.500. The molecule has 0 fully saturated rings. The maximum atomic E-state index is 11.9. The molecule has 0 heterocycles. The van der Waals surface area contributed by atoms with Gasteiger partial charge >= 0.3 is 0 Å². The molecule has 1 aromatic rings. The molecule has 1 rings (SSSR count). The van der Waals surface area contributed by atoms with Crippen LogP contribution in [0.4, 0.5) is 5.69 Å². The summed E-state index contributed by atoms with van der Waals surface area (Å²) in [7, 11) is -1.83. The molecule has 1 aromatic carbocycles. The number of benzene rings is 1. The lowest BCUT2D eigenvalue weighted by atomic mass is 10.1. The van der Waals surface area contributed by atoms with Gasteiger partial charge in [0.15, 0.2) is 0 Å². The molecule has 0 aromatic heterocycles. The molecule has 0 saturated carbocycles. The Morgan fingerprint density at radius 3 is 2.61 bits per heavy atom. The summed E-state index contributed by atoms with van der Waals surface area (Å²) < 4.78 is 31.4. The third-order valence-electron chi connectivity index (χ3n) is 2.58. The van der Waals surface area contributed by atoms with Crippen molar-refractivity contribution in [2.75, 3.05) is 19.4 Å². The number of nitrogens with one attached hydrogen (secondary N) is 1. The molecule has 0 saturated heterocycles. The van der Waals surface area contributed by atoms with Gasteiger partial charge in [-0.1, -0.05) is 12.1 Å². The minimum atomic E-state index is -3.38. The average molecular weight is 272 g/mol. The van der Waals surface area contributed by atoms with Crippen LogP contribution in [-0.4, -0.2) is 27.7 Å². The second-order valence-electron chi connectivity index (χ2n) is 4.79. The van der Waals surface area contributed by atoms with E-state index in [4.69, 9.17) is 10.5 Å². The lowest BCUT2D eigenvalue weighted by Crippen LogP contribution is -2.40. The van der Waals surface area contributed by atoms with Gasteiger partial charge in [-0.05, 0) is 31.5 Å². The molecule has 0 spiro atoms. The van der Waals surface area contributed by atoms with E-state index in [0.717, 1.165) is 0 Å². The maximum Gasteiger partial charge on any atom is 0.215 e. The monoisotopic (exact) mass is 272 g/mol. The predicted molar refractivity (Wildman–Crippen MR) is 72.6 cm³/mol. The van der Waals surface area contributed by atoms with Gasteiger partial charge in [0.1, 0.15) is 0 Å². The number of ether oxygens (including phenoxy) is 1. The lowest BCUT2D eigenvalue weighted by Gasteiger charge is -2.23. The van der Waals surface area contributed by atoms with Crippen molar-refractivity contribution in [3.8, 4) is 0 Å². The Morgan fingerprint density at radius 1 is 1.39 bits per heavy atom. The second kappa shape index (κ2) is 5.69. The number of rotatable bonds is 6. The number of hydrogen-bond donors (Lipinski definition) is 2. The Kier molecular flexibility index (Phi) is 4.72. The van der Waals surface area contributed by atoms with Crippen LogP contribution in [-0.2, 0) is 20.5 Å². The number of anilines is 1. The van der Waals surface area contributed by atoms with Crippen LogP contribution in [0.15, 0.2) is 24.3 Å². The normalized spacial score (nSPS) is 12.6. The van der Waals surface area contributed by atoms with E-state index < -0.39 is 15.6 Å². The highest BCUT2D eigenvalue weighted by atomic mass is 32.2. The van der Waals surface area contributed by atoms with Crippen LogP contribution in [0.3, 0.4) is 0 Å². The first kappa shape index (κ1) is 14.9. The Balaban J connectivity index is 2.66. The van der Waals surface area contributed by atoms with Gasteiger partial charge in [-0.25, -0.2) is 13.1 Å². The Morgan fingerprint density at radius 2 is 2.06 bits per heavy atom. The number of methoxy groups -OCH3 is 1. The van der Waals surface area contributed by atoms with Gasteiger partial charge in [-0.2, -0.15) is 0 Å². The average Bonchev–Trinajstić information content (AvgIpc) is 2.26. The van der Waals surface area contributed by atoms with Crippen LogP contribution in [0.5, 0.6) is 0 Å². The molecular formula is C12H20N2O3S. The summed E-state index contributed by atoms with van der Waals surface area (Å²) in [5.74, 6) is -0.0855. The third kappa shape index (κ3) is 5.03. The van der Waals surface area contributed by atoms with Crippen molar-refractivity contribution in [1.82, 2.24) is 4.72 Å². The third-order valence-corrected chi connectivity index (χ3v) is 3.88.